The molecule has 0 atom stereocenters. The summed E-state index contributed by atoms with van der Waals surface area (Å²) in [4.78, 5) is 3.76. The van der Waals surface area contributed by atoms with E-state index in [1.807, 2.05) is 0 Å². The first-order valence-electron chi connectivity index (χ1n) is 3.33. The minimum absolute atomic E-state index is 0.0534. The van der Waals surface area contributed by atoms with Crippen molar-refractivity contribution in [1.29, 1.82) is 0 Å². The molecule has 13 heavy (non-hydrogen) atoms. The molecule has 0 aliphatic heterocycles. The van der Waals surface area contributed by atoms with E-state index in [1.165, 1.54) is 6.07 Å². The Balaban J connectivity index is 2.86. The van der Waals surface area contributed by atoms with Gasteiger partial charge >= 0.3 is 0 Å². The standard InChI is InChI=1S/C7H7ClFI2NS/c1-13(10,11)4-5-2-6(9)7(8)12-3-5/h2-3H,4H2,1H3. The molecule has 0 N–H and O–H groups in total. The van der Waals surface area contributed by atoms with Crippen LogP contribution in [-0.2, 0) is 5.75 Å². The second kappa shape index (κ2) is 4.80. The maximum Gasteiger partial charge on any atom is 0.164 e. The monoisotopic (exact) mass is 445 g/mol. The molecule has 0 spiro atoms. The van der Waals surface area contributed by atoms with E-state index in [1.54, 1.807) is 6.20 Å². The van der Waals surface area contributed by atoms with Gasteiger partial charge in [0.2, 0.25) is 0 Å². The van der Waals surface area contributed by atoms with E-state index in [2.05, 4.69) is 53.7 Å². The highest BCUT2D eigenvalue weighted by atomic mass is 127. The van der Waals surface area contributed by atoms with Gasteiger partial charge in [0.05, 0.1) is 0 Å². The minimum Gasteiger partial charge on any atom is -0.241 e. The Kier molecular flexibility index (Phi) is 4.52. The van der Waals surface area contributed by atoms with Crippen molar-refractivity contribution < 1.29 is 4.39 Å². The van der Waals surface area contributed by atoms with Gasteiger partial charge in [0.15, 0.2) is 11.0 Å². The van der Waals surface area contributed by atoms with Crippen molar-refractivity contribution in [3.63, 3.8) is 0 Å². The van der Waals surface area contributed by atoms with Crippen LogP contribution in [0.3, 0.4) is 0 Å². The van der Waals surface area contributed by atoms with Gasteiger partial charge in [-0.05, 0) is 60.3 Å². The lowest BCUT2D eigenvalue weighted by Crippen LogP contribution is -1.91. The molecule has 1 rings (SSSR count). The van der Waals surface area contributed by atoms with E-state index in [4.69, 9.17) is 11.6 Å². The van der Waals surface area contributed by atoms with Crippen molar-refractivity contribution in [2.24, 2.45) is 0 Å². The second-order valence-corrected chi connectivity index (χ2v) is 21.7. The van der Waals surface area contributed by atoms with Crippen LogP contribution in [-0.4, -0.2) is 11.2 Å². The van der Waals surface area contributed by atoms with Gasteiger partial charge in [0.1, 0.15) is 0 Å². The molecule has 6 heteroatoms. The summed E-state index contributed by atoms with van der Waals surface area (Å²) in [5.74, 6) is 0.422. The van der Waals surface area contributed by atoms with Crippen LogP contribution in [0.15, 0.2) is 12.3 Å². The molecule has 0 aliphatic rings. The predicted octanol–water partition coefficient (Wildman–Crippen LogP) is 4.51. The Morgan fingerprint density at radius 3 is 2.69 bits per heavy atom. The minimum atomic E-state index is -0.717. The molecule has 0 amide bonds. The molecule has 0 aliphatic carbocycles. The molecule has 1 nitrogen and oxygen atoms in total. The van der Waals surface area contributed by atoms with Crippen LogP contribution in [0.2, 0.25) is 5.15 Å². The fourth-order valence-corrected chi connectivity index (χ4v) is 3.84. The van der Waals surface area contributed by atoms with Crippen molar-refractivity contribution in [2.45, 2.75) is 5.75 Å². The largest absolute Gasteiger partial charge is 0.241 e. The lowest BCUT2D eigenvalue weighted by molar-refractivity contribution is 0.620. The highest BCUT2D eigenvalue weighted by Gasteiger charge is 2.11. The van der Waals surface area contributed by atoms with Gasteiger partial charge in [-0.2, -0.15) is 0 Å². The molecule has 0 aromatic carbocycles. The number of hydrogen-bond donors (Lipinski definition) is 0. The van der Waals surface area contributed by atoms with Crippen molar-refractivity contribution in [1.82, 2.24) is 4.98 Å². The molecule has 0 bridgehead atoms. The molecule has 0 fully saturated rings. The molecular formula is C7H7ClFI2NS. The van der Waals surface area contributed by atoms with E-state index in [9.17, 15) is 4.39 Å². The van der Waals surface area contributed by atoms with Crippen LogP contribution < -0.4 is 0 Å². The summed E-state index contributed by atoms with van der Waals surface area (Å²) in [6, 6.07) is 1.46. The average molecular weight is 445 g/mol. The van der Waals surface area contributed by atoms with Crippen LogP contribution in [0.5, 0.6) is 0 Å². The molecule has 0 radical (unpaired) electrons. The quantitative estimate of drug-likeness (QED) is 0.482. The van der Waals surface area contributed by atoms with Gasteiger partial charge in [-0.25, -0.2) is 9.37 Å². The zero-order valence-electron chi connectivity index (χ0n) is 6.73. The lowest BCUT2D eigenvalue weighted by atomic mass is 10.3. The van der Waals surface area contributed by atoms with Crippen LogP contribution in [0, 0.1) is 5.82 Å². The smallest absolute Gasteiger partial charge is 0.164 e. The summed E-state index contributed by atoms with van der Waals surface area (Å²) >= 11 is 10.2. The summed E-state index contributed by atoms with van der Waals surface area (Å²) in [6.07, 6.45) is 3.79. The molecule has 1 aromatic rings. The fraction of sp³-hybridized carbons (Fsp3) is 0.286. The first kappa shape index (κ1) is 12.3. The van der Waals surface area contributed by atoms with Gasteiger partial charge in [-0.15, -0.1) is 4.37 Å². The summed E-state index contributed by atoms with van der Waals surface area (Å²) < 4.78 is 12.2. The Hall–Kier alpha value is 1.18. The van der Waals surface area contributed by atoms with Gasteiger partial charge < -0.3 is 0 Å². The SMILES string of the molecule is CS(I)(I)Cc1cnc(Cl)c(F)c1. The van der Waals surface area contributed by atoms with Crippen LogP contribution in [0.4, 0.5) is 4.39 Å². The summed E-state index contributed by atoms with van der Waals surface area (Å²) in [7, 11) is 0. The third-order valence-electron chi connectivity index (χ3n) is 1.27. The lowest BCUT2D eigenvalue weighted by Gasteiger charge is -2.19. The van der Waals surface area contributed by atoms with Gasteiger partial charge in [-0.1, -0.05) is 11.6 Å². The van der Waals surface area contributed by atoms with Crippen molar-refractivity contribution >= 4 is 58.4 Å². The zero-order valence-corrected chi connectivity index (χ0v) is 12.6. The highest BCUT2D eigenvalue weighted by Crippen LogP contribution is 2.63. The van der Waals surface area contributed by atoms with E-state index >= 15 is 0 Å². The van der Waals surface area contributed by atoms with Crippen LogP contribution in [0.1, 0.15) is 5.56 Å². The molecule has 1 heterocycles. The first-order chi connectivity index (χ1) is 5.88. The number of rotatable bonds is 2. The predicted molar refractivity (Wildman–Crippen MR) is 74.5 cm³/mol. The topological polar surface area (TPSA) is 12.9 Å². The average Bonchev–Trinajstić information content (AvgIpc) is 1.94. The maximum atomic E-state index is 13.0. The number of hydrogen-bond acceptors (Lipinski definition) is 1. The molecule has 0 unspecified atom stereocenters. The summed E-state index contributed by atoms with van der Waals surface area (Å²) in [6.45, 7) is 0. The Morgan fingerprint density at radius 2 is 2.23 bits per heavy atom. The number of aromatic nitrogens is 1. The number of halogens is 4. The van der Waals surface area contributed by atoms with E-state index in [-0.39, 0.29) is 5.15 Å². The maximum absolute atomic E-state index is 13.0. The van der Waals surface area contributed by atoms with Crippen molar-refractivity contribution in [3.05, 3.63) is 28.8 Å². The first-order valence-corrected chi connectivity index (χ1v) is 11.0. The Bertz CT molecular complexity index is 316. The summed E-state index contributed by atoms with van der Waals surface area (Å²) in [5, 5.41) is -0.0534. The third-order valence-corrected chi connectivity index (χ3v) is 4.26. The van der Waals surface area contributed by atoms with Crippen molar-refractivity contribution in [3.8, 4) is 0 Å². The van der Waals surface area contributed by atoms with Crippen LogP contribution in [0.25, 0.3) is 0 Å². The zero-order chi connectivity index (χ0) is 10.1. The van der Waals surface area contributed by atoms with Gasteiger partial charge in [0.25, 0.3) is 0 Å². The highest BCUT2D eigenvalue weighted by molar-refractivity contribution is 14.3. The normalized spacial score (nSPS) is 13.0. The second-order valence-electron chi connectivity index (χ2n) is 2.63. The van der Waals surface area contributed by atoms with E-state index in [0.717, 1.165) is 11.3 Å². The van der Waals surface area contributed by atoms with Crippen LogP contribution >= 0.6 is 58.4 Å². The Morgan fingerprint density at radius 1 is 1.62 bits per heavy atom. The third kappa shape index (κ3) is 4.48. The fourth-order valence-electron chi connectivity index (χ4n) is 0.832. The molecule has 0 saturated carbocycles. The van der Waals surface area contributed by atoms with E-state index < -0.39 is 10.2 Å². The molecule has 74 valence electrons. The number of nitrogens with zero attached hydrogens (tertiary/aromatic N) is 1. The van der Waals surface area contributed by atoms with Crippen molar-refractivity contribution in [2.75, 3.05) is 6.26 Å². The molecule has 0 saturated heterocycles. The molecular weight excluding hydrogens is 438 g/mol. The Labute approximate surface area is 107 Å². The van der Waals surface area contributed by atoms with E-state index in [0.29, 0.717) is 0 Å². The van der Waals surface area contributed by atoms with Gasteiger partial charge in [-0.3, -0.25) is 0 Å². The van der Waals surface area contributed by atoms with Gasteiger partial charge in [0, 0.05) is 11.9 Å². The number of pyridine rings is 1. The molecule has 1 aromatic heterocycles. The summed E-state index contributed by atoms with van der Waals surface area (Å²) in [5.41, 5.74) is 0.906.